The first-order valence-electron chi connectivity index (χ1n) is 8.11. The van der Waals surface area contributed by atoms with Crippen molar-refractivity contribution < 1.29 is 14.3 Å². The second-order valence-corrected chi connectivity index (χ2v) is 7.94. The van der Waals surface area contributed by atoms with Crippen molar-refractivity contribution in [2.45, 2.75) is 6.54 Å². The molecular weight excluding hydrogens is 430 g/mol. The summed E-state index contributed by atoms with van der Waals surface area (Å²) in [5.41, 5.74) is 2.31. The molecule has 0 unspecified atom stereocenters. The second kappa shape index (κ2) is 8.06. The molecule has 27 heavy (non-hydrogen) atoms. The Bertz CT molecular complexity index is 1070. The quantitative estimate of drug-likeness (QED) is 0.574. The van der Waals surface area contributed by atoms with Gasteiger partial charge in [-0.3, -0.25) is 9.59 Å². The zero-order valence-corrected chi connectivity index (χ0v) is 17.5. The summed E-state index contributed by atoms with van der Waals surface area (Å²) in [6.45, 7) is -0.0101. The number of amides is 1. The van der Waals surface area contributed by atoms with Gasteiger partial charge in [0.2, 0.25) is 0 Å². The number of rotatable bonds is 4. The number of anilines is 1. The van der Waals surface area contributed by atoms with Gasteiger partial charge in [-0.2, -0.15) is 4.99 Å². The third kappa shape index (κ3) is 4.28. The van der Waals surface area contributed by atoms with Gasteiger partial charge >= 0.3 is 5.97 Å². The molecule has 0 N–H and O–H groups in total. The van der Waals surface area contributed by atoms with Crippen molar-refractivity contribution in [2.24, 2.45) is 4.99 Å². The van der Waals surface area contributed by atoms with Crippen LogP contribution in [0.3, 0.4) is 0 Å². The number of fused-ring (bicyclic) bond motifs is 1. The topological polar surface area (TPSA) is 63.9 Å². The van der Waals surface area contributed by atoms with E-state index in [4.69, 9.17) is 4.74 Å². The molecule has 6 nitrogen and oxygen atoms in total. The largest absolute Gasteiger partial charge is 0.468 e. The van der Waals surface area contributed by atoms with E-state index in [-0.39, 0.29) is 12.5 Å². The van der Waals surface area contributed by atoms with E-state index in [1.54, 1.807) is 16.7 Å². The molecule has 0 saturated carbocycles. The van der Waals surface area contributed by atoms with Crippen LogP contribution in [0.4, 0.5) is 5.69 Å². The minimum Gasteiger partial charge on any atom is -0.468 e. The summed E-state index contributed by atoms with van der Waals surface area (Å²) in [6.07, 6.45) is 0. The highest BCUT2D eigenvalue weighted by atomic mass is 79.9. The summed E-state index contributed by atoms with van der Waals surface area (Å²) in [5.74, 6) is -0.758. The molecule has 8 heteroatoms. The third-order valence-corrected chi connectivity index (χ3v) is 5.52. The molecule has 0 aliphatic rings. The molecule has 3 aromatic rings. The zero-order valence-electron chi connectivity index (χ0n) is 15.1. The summed E-state index contributed by atoms with van der Waals surface area (Å²) in [7, 11) is 5.21. The summed E-state index contributed by atoms with van der Waals surface area (Å²) < 4.78 is 8.31. The second-order valence-electron chi connectivity index (χ2n) is 6.02. The Kier molecular flexibility index (Phi) is 5.76. The average molecular weight is 448 g/mol. The van der Waals surface area contributed by atoms with Gasteiger partial charge in [-0.1, -0.05) is 27.3 Å². The summed E-state index contributed by atoms with van der Waals surface area (Å²) in [6, 6.07) is 12.9. The van der Waals surface area contributed by atoms with Crippen molar-refractivity contribution in [1.29, 1.82) is 0 Å². The molecule has 0 aliphatic heterocycles. The van der Waals surface area contributed by atoms with Crippen LogP contribution in [0.15, 0.2) is 51.9 Å². The Morgan fingerprint density at radius 3 is 2.52 bits per heavy atom. The monoisotopic (exact) mass is 447 g/mol. The van der Waals surface area contributed by atoms with E-state index in [9.17, 15) is 9.59 Å². The number of nitrogens with zero attached hydrogens (tertiary/aromatic N) is 3. The van der Waals surface area contributed by atoms with E-state index >= 15 is 0 Å². The van der Waals surface area contributed by atoms with Crippen molar-refractivity contribution >= 4 is 55.0 Å². The van der Waals surface area contributed by atoms with E-state index in [2.05, 4.69) is 20.9 Å². The van der Waals surface area contributed by atoms with Crippen molar-refractivity contribution in [2.75, 3.05) is 26.1 Å². The lowest BCUT2D eigenvalue weighted by molar-refractivity contribution is -0.141. The van der Waals surface area contributed by atoms with Crippen molar-refractivity contribution in [3.05, 3.63) is 57.3 Å². The number of hydrogen-bond donors (Lipinski definition) is 0. The van der Waals surface area contributed by atoms with Gasteiger partial charge in [0.15, 0.2) is 4.80 Å². The summed E-state index contributed by atoms with van der Waals surface area (Å²) in [5, 5.41) is 0. The van der Waals surface area contributed by atoms with Gasteiger partial charge in [0.1, 0.15) is 6.54 Å². The SMILES string of the molecule is COC(=O)Cn1c(=NC(=O)c2ccc(N(C)C)cc2)sc2cc(Br)ccc21. The predicted octanol–water partition coefficient (Wildman–Crippen LogP) is 3.45. The van der Waals surface area contributed by atoms with Gasteiger partial charge in [-0.15, -0.1) is 0 Å². The molecule has 0 bridgehead atoms. The Hall–Kier alpha value is -2.45. The smallest absolute Gasteiger partial charge is 0.325 e. The number of esters is 1. The van der Waals surface area contributed by atoms with Crippen LogP contribution in [-0.2, 0) is 16.1 Å². The molecule has 0 saturated heterocycles. The highest BCUT2D eigenvalue weighted by Gasteiger charge is 2.13. The van der Waals surface area contributed by atoms with E-state index in [1.165, 1.54) is 18.4 Å². The minimum atomic E-state index is -0.401. The van der Waals surface area contributed by atoms with Gasteiger partial charge in [-0.25, -0.2) is 0 Å². The van der Waals surface area contributed by atoms with Crippen LogP contribution in [0, 0.1) is 0 Å². The predicted molar refractivity (Wildman–Crippen MR) is 110 cm³/mol. The highest BCUT2D eigenvalue weighted by molar-refractivity contribution is 9.10. The van der Waals surface area contributed by atoms with Crippen molar-refractivity contribution in [3.63, 3.8) is 0 Å². The molecule has 0 radical (unpaired) electrons. The molecule has 2 aromatic carbocycles. The lowest BCUT2D eigenvalue weighted by Gasteiger charge is -2.11. The molecule has 0 aliphatic carbocycles. The van der Waals surface area contributed by atoms with Gasteiger partial charge in [0, 0.05) is 29.8 Å². The average Bonchev–Trinajstić information content (AvgIpc) is 2.97. The number of aromatic nitrogens is 1. The van der Waals surface area contributed by atoms with Gasteiger partial charge in [-0.05, 0) is 42.5 Å². The fourth-order valence-electron chi connectivity index (χ4n) is 2.53. The maximum atomic E-state index is 12.6. The standard InChI is InChI=1S/C19H18BrN3O3S/c1-22(2)14-7-4-12(5-8-14)18(25)21-19-23(11-17(24)26-3)15-9-6-13(20)10-16(15)27-19/h4-10H,11H2,1-3H3. The molecule has 1 aromatic heterocycles. The molecular formula is C19H18BrN3O3S. The summed E-state index contributed by atoms with van der Waals surface area (Å²) in [4.78, 5) is 31.1. The van der Waals surface area contributed by atoms with Crippen molar-refractivity contribution in [3.8, 4) is 0 Å². The van der Waals surface area contributed by atoms with Gasteiger partial charge < -0.3 is 14.2 Å². The van der Waals surface area contributed by atoms with E-state index in [1.807, 2.05) is 49.3 Å². The first-order valence-corrected chi connectivity index (χ1v) is 9.72. The number of ether oxygens (including phenoxy) is 1. The minimum absolute atomic E-state index is 0.0101. The number of methoxy groups -OCH3 is 1. The lowest BCUT2D eigenvalue weighted by Crippen LogP contribution is -2.22. The van der Waals surface area contributed by atoms with Crippen LogP contribution in [0.2, 0.25) is 0 Å². The molecule has 1 amide bonds. The van der Waals surface area contributed by atoms with Crippen LogP contribution in [0.1, 0.15) is 10.4 Å². The maximum Gasteiger partial charge on any atom is 0.325 e. The van der Waals surface area contributed by atoms with Gasteiger partial charge in [0.05, 0.1) is 17.3 Å². The molecule has 0 fully saturated rings. The number of halogens is 1. The van der Waals surface area contributed by atoms with E-state index < -0.39 is 5.97 Å². The number of carbonyl (C=O) groups is 2. The van der Waals surface area contributed by atoms with Crippen LogP contribution in [0.5, 0.6) is 0 Å². The Balaban J connectivity index is 2.06. The number of thiazole rings is 1. The third-order valence-electron chi connectivity index (χ3n) is 3.99. The van der Waals surface area contributed by atoms with Crippen molar-refractivity contribution in [1.82, 2.24) is 4.57 Å². The zero-order chi connectivity index (χ0) is 19.6. The fraction of sp³-hybridized carbons (Fsp3) is 0.211. The Morgan fingerprint density at radius 2 is 1.89 bits per heavy atom. The highest BCUT2D eigenvalue weighted by Crippen LogP contribution is 2.22. The van der Waals surface area contributed by atoms with E-state index in [0.29, 0.717) is 10.4 Å². The van der Waals surface area contributed by atoms with Crippen LogP contribution in [-0.4, -0.2) is 37.6 Å². The normalized spacial score (nSPS) is 11.6. The fourth-order valence-corrected chi connectivity index (χ4v) is 4.11. The lowest BCUT2D eigenvalue weighted by atomic mass is 10.2. The Morgan fingerprint density at radius 1 is 1.19 bits per heavy atom. The van der Waals surface area contributed by atoms with E-state index in [0.717, 1.165) is 20.4 Å². The van der Waals surface area contributed by atoms with Crippen LogP contribution in [0.25, 0.3) is 10.2 Å². The number of hydrogen-bond acceptors (Lipinski definition) is 5. The van der Waals surface area contributed by atoms with Crippen LogP contribution < -0.4 is 9.70 Å². The number of benzene rings is 2. The molecule has 3 rings (SSSR count). The molecule has 0 spiro atoms. The van der Waals surface area contributed by atoms with Gasteiger partial charge in [0.25, 0.3) is 5.91 Å². The molecule has 140 valence electrons. The molecule has 1 heterocycles. The molecule has 0 atom stereocenters. The Labute approximate surface area is 168 Å². The maximum absolute atomic E-state index is 12.6. The number of carbonyl (C=O) groups excluding carboxylic acids is 2. The first-order chi connectivity index (χ1) is 12.9. The van der Waals surface area contributed by atoms with Crippen LogP contribution >= 0.6 is 27.3 Å². The summed E-state index contributed by atoms with van der Waals surface area (Å²) >= 11 is 4.79. The first kappa shape index (κ1) is 19.3.